The van der Waals surface area contributed by atoms with Crippen LogP contribution in [0.4, 0.5) is 0 Å². The first kappa shape index (κ1) is 12.3. The number of aromatic nitrogens is 3. The van der Waals surface area contributed by atoms with Gasteiger partial charge in [-0.05, 0) is 29.8 Å². The van der Waals surface area contributed by atoms with E-state index in [1.165, 1.54) is 0 Å². The lowest BCUT2D eigenvalue weighted by atomic mass is 10.1. The molecule has 5 nitrogen and oxygen atoms in total. The van der Waals surface area contributed by atoms with Crippen molar-refractivity contribution in [3.05, 3.63) is 60.0 Å². The zero-order chi connectivity index (χ0) is 13.9. The van der Waals surface area contributed by atoms with Crippen LogP contribution in [0.1, 0.15) is 15.9 Å². The summed E-state index contributed by atoms with van der Waals surface area (Å²) in [4.78, 5) is 16.1. The quantitative estimate of drug-likeness (QED) is 0.787. The fourth-order valence-electron chi connectivity index (χ4n) is 2.07. The number of benzene rings is 1. The van der Waals surface area contributed by atoms with Crippen LogP contribution >= 0.6 is 0 Å². The van der Waals surface area contributed by atoms with Gasteiger partial charge in [0.1, 0.15) is 0 Å². The summed E-state index contributed by atoms with van der Waals surface area (Å²) >= 11 is 0. The van der Waals surface area contributed by atoms with Crippen LogP contribution in [0, 0.1) is 0 Å². The minimum atomic E-state index is -0.0927. The predicted octanol–water partition coefficient (Wildman–Crippen LogP) is 1.90. The van der Waals surface area contributed by atoms with Crippen molar-refractivity contribution in [3.63, 3.8) is 0 Å². The van der Waals surface area contributed by atoms with Gasteiger partial charge < -0.3 is 5.32 Å². The van der Waals surface area contributed by atoms with Crippen LogP contribution in [0.2, 0.25) is 0 Å². The summed E-state index contributed by atoms with van der Waals surface area (Å²) in [7, 11) is 1.86. The van der Waals surface area contributed by atoms with Gasteiger partial charge in [-0.2, -0.15) is 5.10 Å². The van der Waals surface area contributed by atoms with E-state index in [4.69, 9.17) is 0 Å². The number of hydrogen-bond acceptors (Lipinski definition) is 3. The number of carbonyl (C=O) groups is 1. The van der Waals surface area contributed by atoms with Crippen molar-refractivity contribution >= 4 is 16.8 Å². The lowest BCUT2D eigenvalue weighted by molar-refractivity contribution is 0.0951. The van der Waals surface area contributed by atoms with Crippen molar-refractivity contribution in [1.82, 2.24) is 20.1 Å². The molecule has 3 aromatic rings. The summed E-state index contributed by atoms with van der Waals surface area (Å²) in [6.07, 6.45) is 5.21. The molecule has 2 heterocycles. The summed E-state index contributed by atoms with van der Waals surface area (Å²) in [5.41, 5.74) is 2.60. The van der Waals surface area contributed by atoms with Gasteiger partial charge in [0.05, 0.1) is 11.7 Å². The number of nitrogens with zero attached hydrogens (tertiary/aromatic N) is 3. The van der Waals surface area contributed by atoms with Crippen molar-refractivity contribution in [3.8, 4) is 0 Å². The molecule has 100 valence electrons. The maximum absolute atomic E-state index is 12.1. The molecule has 0 aliphatic carbocycles. The number of pyridine rings is 1. The molecule has 0 atom stereocenters. The van der Waals surface area contributed by atoms with Gasteiger partial charge >= 0.3 is 0 Å². The SMILES string of the molecule is Cn1ncc2ccc(C(=O)NCc3ccncc3)cc21. The molecule has 0 aliphatic heterocycles. The molecule has 20 heavy (non-hydrogen) atoms. The van der Waals surface area contributed by atoms with Crippen LogP contribution in [0.5, 0.6) is 0 Å². The van der Waals surface area contributed by atoms with Crippen molar-refractivity contribution < 1.29 is 4.79 Å². The molecule has 0 radical (unpaired) electrons. The minimum Gasteiger partial charge on any atom is -0.348 e. The number of rotatable bonds is 3. The minimum absolute atomic E-state index is 0.0927. The van der Waals surface area contributed by atoms with Crippen molar-refractivity contribution in [2.75, 3.05) is 0 Å². The van der Waals surface area contributed by atoms with Gasteiger partial charge in [-0.25, -0.2) is 0 Å². The Hall–Kier alpha value is -2.69. The molecule has 2 aromatic heterocycles. The highest BCUT2D eigenvalue weighted by molar-refractivity contribution is 5.97. The Balaban J connectivity index is 1.77. The number of fused-ring (bicyclic) bond motifs is 1. The third kappa shape index (κ3) is 2.38. The van der Waals surface area contributed by atoms with Crippen LogP contribution in [-0.2, 0) is 13.6 Å². The molecule has 0 fully saturated rings. The summed E-state index contributed by atoms with van der Waals surface area (Å²) in [6, 6.07) is 9.33. The molecule has 3 rings (SSSR count). The molecule has 5 heteroatoms. The van der Waals surface area contributed by atoms with Crippen molar-refractivity contribution in [1.29, 1.82) is 0 Å². The van der Waals surface area contributed by atoms with Gasteiger partial charge in [-0.3, -0.25) is 14.5 Å². The molecule has 0 unspecified atom stereocenters. The predicted molar refractivity (Wildman–Crippen MR) is 76.1 cm³/mol. The topological polar surface area (TPSA) is 59.8 Å². The lowest BCUT2D eigenvalue weighted by Gasteiger charge is -2.05. The molecule has 0 spiro atoms. The molecular formula is C15H14N4O. The smallest absolute Gasteiger partial charge is 0.251 e. The van der Waals surface area contributed by atoms with E-state index in [0.29, 0.717) is 12.1 Å². The van der Waals surface area contributed by atoms with E-state index in [9.17, 15) is 4.79 Å². The number of amides is 1. The molecule has 0 bridgehead atoms. The molecule has 0 aliphatic rings. The highest BCUT2D eigenvalue weighted by Crippen LogP contribution is 2.14. The maximum Gasteiger partial charge on any atom is 0.251 e. The van der Waals surface area contributed by atoms with E-state index in [0.717, 1.165) is 16.5 Å². The third-order valence-electron chi connectivity index (χ3n) is 3.21. The molecule has 1 aromatic carbocycles. The number of aryl methyl sites for hydroxylation is 1. The van der Waals surface area contributed by atoms with Crippen LogP contribution in [0.15, 0.2) is 48.9 Å². The molecule has 0 saturated carbocycles. The number of carbonyl (C=O) groups excluding carboxylic acids is 1. The van der Waals surface area contributed by atoms with E-state index in [1.807, 2.05) is 37.4 Å². The Bertz CT molecular complexity index is 749. The normalized spacial score (nSPS) is 10.7. The fraction of sp³-hybridized carbons (Fsp3) is 0.133. The van der Waals surface area contributed by atoms with E-state index in [1.54, 1.807) is 23.3 Å². The van der Waals surface area contributed by atoms with Crippen molar-refractivity contribution in [2.24, 2.45) is 7.05 Å². The molecular weight excluding hydrogens is 252 g/mol. The first-order valence-electron chi connectivity index (χ1n) is 6.33. The van der Waals surface area contributed by atoms with Gasteiger partial charge in [0.15, 0.2) is 0 Å². The van der Waals surface area contributed by atoms with Crippen LogP contribution in [0.3, 0.4) is 0 Å². The van der Waals surface area contributed by atoms with Gasteiger partial charge in [-0.1, -0.05) is 6.07 Å². The van der Waals surface area contributed by atoms with E-state index in [2.05, 4.69) is 15.4 Å². The fourth-order valence-corrected chi connectivity index (χ4v) is 2.07. The summed E-state index contributed by atoms with van der Waals surface area (Å²) in [5, 5.41) is 8.09. The first-order valence-corrected chi connectivity index (χ1v) is 6.33. The van der Waals surface area contributed by atoms with Gasteiger partial charge in [0, 0.05) is 36.9 Å². The first-order chi connectivity index (χ1) is 9.74. The Morgan fingerprint density at radius 3 is 2.85 bits per heavy atom. The Labute approximate surface area is 116 Å². The Kier molecular flexibility index (Phi) is 3.16. The highest BCUT2D eigenvalue weighted by atomic mass is 16.1. The average Bonchev–Trinajstić information content (AvgIpc) is 2.87. The Morgan fingerprint density at radius 1 is 1.25 bits per heavy atom. The largest absolute Gasteiger partial charge is 0.348 e. The third-order valence-corrected chi connectivity index (χ3v) is 3.21. The number of hydrogen-bond donors (Lipinski definition) is 1. The highest BCUT2D eigenvalue weighted by Gasteiger charge is 2.08. The van der Waals surface area contributed by atoms with E-state index in [-0.39, 0.29) is 5.91 Å². The van der Waals surface area contributed by atoms with Gasteiger partial charge in [-0.15, -0.1) is 0 Å². The maximum atomic E-state index is 12.1. The monoisotopic (exact) mass is 266 g/mol. The van der Waals surface area contributed by atoms with Gasteiger partial charge in [0.25, 0.3) is 5.91 Å². The second-order valence-electron chi connectivity index (χ2n) is 4.58. The molecule has 1 amide bonds. The average molecular weight is 266 g/mol. The van der Waals surface area contributed by atoms with Crippen LogP contribution in [0.25, 0.3) is 10.9 Å². The molecule has 1 N–H and O–H groups in total. The lowest BCUT2D eigenvalue weighted by Crippen LogP contribution is -2.22. The molecule has 0 saturated heterocycles. The second-order valence-corrected chi connectivity index (χ2v) is 4.58. The summed E-state index contributed by atoms with van der Waals surface area (Å²) in [5.74, 6) is -0.0927. The summed E-state index contributed by atoms with van der Waals surface area (Å²) < 4.78 is 1.76. The van der Waals surface area contributed by atoms with E-state index < -0.39 is 0 Å². The van der Waals surface area contributed by atoms with Gasteiger partial charge in [0.2, 0.25) is 0 Å². The Morgan fingerprint density at radius 2 is 2.05 bits per heavy atom. The standard InChI is InChI=1S/C15H14N4O/c1-19-14-8-12(2-3-13(14)10-18-19)15(20)17-9-11-4-6-16-7-5-11/h2-8,10H,9H2,1H3,(H,17,20). The van der Waals surface area contributed by atoms with E-state index >= 15 is 0 Å². The van der Waals surface area contributed by atoms with Crippen molar-refractivity contribution in [2.45, 2.75) is 6.54 Å². The summed E-state index contributed by atoms with van der Waals surface area (Å²) in [6.45, 7) is 0.491. The number of nitrogens with one attached hydrogen (secondary N) is 1. The second kappa shape index (κ2) is 5.13. The zero-order valence-corrected chi connectivity index (χ0v) is 11.1. The van der Waals surface area contributed by atoms with Crippen LogP contribution in [-0.4, -0.2) is 20.7 Å². The van der Waals surface area contributed by atoms with Crippen LogP contribution < -0.4 is 5.32 Å². The zero-order valence-electron chi connectivity index (χ0n) is 11.1.